The lowest BCUT2D eigenvalue weighted by Crippen LogP contribution is -2.12. The Kier molecular flexibility index (Phi) is 5.36. The van der Waals surface area contributed by atoms with E-state index in [2.05, 4.69) is 10.3 Å². The van der Waals surface area contributed by atoms with Crippen molar-refractivity contribution in [2.24, 2.45) is 0 Å². The quantitative estimate of drug-likeness (QED) is 0.263. The summed E-state index contributed by atoms with van der Waals surface area (Å²) >= 11 is 6.27. The van der Waals surface area contributed by atoms with Crippen LogP contribution >= 0.6 is 11.6 Å². The van der Waals surface area contributed by atoms with Crippen LogP contribution in [-0.2, 0) is 0 Å². The van der Waals surface area contributed by atoms with Gasteiger partial charge in [0.2, 0.25) is 5.89 Å². The second kappa shape index (κ2) is 8.83. The van der Waals surface area contributed by atoms with Crippen LogP contribution in [0.25, 0.3) is 44.7 Å². The van der Waals surface area contributed by atoms with Crippen LogP contribution in [-0.4, -0.2) is 10.9 Å². The highest BCUT2D eigenvalue weighted by Crippen LogP contribution is 2.31. The Morgan fingerprint density at radius 2 is 1.61 bits per heavy atom. The van der Waals surface area contributed by atoms with Gasteiger partial charge in [0, 0.05) is 16.6 Å². The second-order valence-corrected chi connectivity index (χ2v) is 8.61. The summed E-state index contributed by atoms with van der Waals surface area (Å²) in [5.41, 5.74) is 3.85. The minimum atomic E-state index is -0.461. The number of oxazole rings is 1. The van der Waals surface area contributed by atoms with Crippen molar-refractivity contribution < 1.29 is 13.6 Å². The molecule has 0 atom stereocenters. The first-order valence-electron chi connectivity index (χ1n) is 11.2. The molecule has 4 aromatic carbocycles. The molecule has 174 valence electrons. The number of amides is 1. The first kappa shape index (κ1) is 21.8. The molecule has 36 heavy (non-hydrogen) atoms. The van der Waals surface area contributed by atoms with E-state index in [1.807, 2.05) is 36.4 Å². The van der Waals surface area contributed by atoms with Gasteiger partial charge in [0.25, 0.3) is 5.91 Å². The number of anilines is 1. The molecule has 0 saturated carbocycles. The second-order valence-electron chi connectivity index (χ2n) is 8.20. The van der Waals surface area contributed by atoms with Crippen molar-refractivity contribution in [3.8, 4) is 22.6 Å². The lowest BCUT2D eigenvalue weighted by Gasteiger charge is -2.07. The fraction of sp³-hybridized carbons (Fsp3) is 0. The van der Waals surface area contributed by atoms with Crippen LogP contribution in [0.5, 0.6) is 0 Å². The first-order valence-corrected chi connectivity index (χ1v) is 11.5. The van der Waals surface area contributed by atoms with E-state index in [1.165, 1.54) is 0 Å². The summed E-state index contributed by atoms with van der Waals surface area (Å²) in [6, 6.07) is 28.4. The molecule has 0 spiro atoms. The minimum Gasteiger partial charge on any atom is -0.436 e. The maximum atomic E-state index is 13.0. The summed E-state index contributed by atoms with van der Waals surface area (Å²) < 4.78 is 11.3. The molecule has 0 unspecified atom stereocenters. The Morgan fingerprint density at radius 1 is 0.778 bits per heavy atom. The van der Waals surface area contributed by atoms with Gasteiger partial charge < -0.3 is 14.2 Å². The normalized spacial score (nSPS) is 11.1. The molecule has 0 aliphatic rings. The van der Waals surface area contributed by atoms with E-state index < -0.39 is 5.63 Å². The van der Waals surface area contributed by atoms with Crippen LogP contribution in [0.3, 0.4) is 0 Å². The average molecular weight is 493 g/mol. The minimum absolute atomic E-state index is 0.323. The van der Waals surface area contributed by atoms with Gasteiger partial charge in [0.05, 0.1) is 16.1 Å². The van der Waals surface area contributed by atoms with Gasteiger partial charge in [-0.3, -0.25) is 4.79 Å². The third kappa shape index (κ3) is 4.04. The summed E-state index contributed by atoms with van der Waals surface area (Å²) in [4.78, 5) is 30.1. The number of carbonyl (C=O) groups excluding carboxylic acids is 1. The van der Waals surface area contributed by atoms with E-state index in [0.717, 1.165) is 5.39 Å². The molecule has 2 aromatic heterocycles. The van der Waals surface area contributed by atoms with Crippen molar-refractivity contribution in [2.75, 3.05) is 5.32 Å². The zero-order chi connectivity index (χ0) is 24.6. The van der Waals surface area contributed by atoms with Gasteiger partial charge in [-0.05, 0) is 60.2 Å². The van der Waals surface area contributed by atoms with Gasteiger partial charge >= 0.3 is 5.63 Å². The van der Waals surface area contributed by atoms with E-state index in [1.54, 1.807) is 60.7 Å². The summed E-state index contributed by atoms with van der Waals surface area (Å²) in [7, 11) is 0. The number of carbonyl (C=O) groups is 1. The number of rotatable bonds is 4. The Labute approximate surface area is 209 Å². The van der Waals surface area contributed by atoms with Gasteiger partial charge in [0.15, 0.2) is 5.58 Å². The van der Waals surface area contributed by atoms with E-state index in [0.29, 0.717) is 55.5 Å². The van der Waals surface area contributed by atoms with Gasteiger partial charge in [-0.25, -0.2) is 9.78 Å². The molecular formula is C29H17ClN2O4. The monoisotopic (exact) mass is 492 g/mol. The first-order chi connectivity index (χ1) is 17.5. The van der Waals surface area contributed by atoms with Crippen LogP contribution < -0.4 is 10.9 Å². The third-order valence-corrected chi connectivity index (χ3v) is 6.16. The summed E-state index contributed by atoms with van der Waals surface area (Å²) in [6.07, 6.45) is 0. The third-order valence-electron chi connectivity index (χ3n) is 5.83. The number of para-hydroxylation sites is 1. The van der Waals surface area contributed by atoms with Crippen LogP contribution in [0.2, 0.25) is 5.02 Å². The van der Waals surface area contributed by atoms with Gasteiger partial charge in [-0.15, -0.1) is 0 Å². The Hall–Kier alpha value is -4.68. The van der Waals surface area contributed by atoms with E-state index in [9.17, 15) is 9.59 Å². The molecule has 1 N–H and O–H groups in total. The van der Waals surface area contributed by atoms with Crippen molar-refractivity contribution in [1.82, 2.24) is 4.98 Å². The average Bonchev–Trinajstić information content (AvgIpc) is 3.32. The maximum Gasteiger partial charge on any atom is 0.344 e. The predicted molar refractivity (Wildman–Crippen MR) is 140 cm³/mol. The Bertz CT molecular complexity index is 1840. The van der Waals surface area contributed by atoms with Crippen molar-refractivity contribution in [1.29, 1.82) is 0 Å². The van der Waals surface area contributed by atoms with E-state index in [4.69, 9.17) is 20.4 Å². The molecule has 0 saturated heterocycles. The molecule has 6 nitrogen and oxygen atoms in total. The Balaban J connectivity index is 1.28. The van der Waals surface area contributed by atoms with Crippen molar-refractivity contribution in [2.45, 2.75) is 0 Å². The highest BCUT2D eigenvalue weighted by Gasteiger charge is 2.14. The van der Waals surface area contributed by atoms with Crippen LogP contribution in [0.1, 0.15) is 10.4 Å². The number of nitrogens with one attached hydrogen (secondary N) is 1. The van der Waals surface area contributed by atoms with Crippen LogP contribution in [0.4, 0.5) is 5.69 Å². The zero-order valence-electron chi connectivity index (χ0n) is 18.7. The number of benzene rings is 4. The summed E-state index contributed by atoms with van der Waals surface area (Å²) in [5, 5.41) is 4.23. The molecule has 0 radical (unpaired) electrons. The molecule has 7 heteroatoms. The van der Waals surface area contributed by atoms with E-state index in [-0.39, 0.29) is 5.91 Å². The van der Waals surface area contributed by atoms with Crippen molar-refractivity contribution >= 4 is 45.3 Å². The van der Waals surface area contributed by atoms with Crippen molar-refractivity contribution in [3.63, 3.8) is 0 Å². The SMILES string of the molecule is O=C(Nc1ccc2oc(-c3ccccc3Cl)nc2c1)c1cccc(-c2cc3ccccc3oc2=O)c1. The fourth-order valence-electron chi connectivity index (χ4n) is 4.05. The van der Waals surface area contributed by atoms with Crippen LogP contribution in [0, 0.1) is 0 Å². The highest BCUT2D eigenvalue weighted by atomic mass is 35.5. The Morgan fingerprint density at radius 3 is 2.50 bits per heavy atom. The molecule has 2 heterocycles. The molecule has 6 aromatic rings. The lowest BCUT2D eigenvalue weighted by atomic mass is 10.0. The number of aromatic nitrogens is 1. The molecule has 0 fully saturated rings. The topological polar surface area (TPSA) is 85.3 Å². The maximum absolute atomic E-state index is 13.0. The molecule has 0 aliphatic heterocycles. The number of hydrogen-bond acceptors (Lipinski definition) is 5. The molecule has 1 amide bonds. The molecule has 6 rings (SSSR count). The summed E-state index contributed by atoms with van der Waals surface area (Å²) in [6.45, 7) is 0. The molecule has 0 bridgehead atoms. The largest absolute Gasteiger partial charge is 0.436 e. The highest BCUT2D eigenvalue weighted by molar-refractivity contribution is 6.33. The standard InChI is InChI=1S/C29H17ClN2O4/c30-23-10-3-2-9-21(23)28-32-24-16-20(12-13-26(24)35-28)31-27(33)19-8-5-7-17(14-19)22-15-18-6-1-4-11-25(18)36-29(22)34/h1-16H,(H,31,33). The van der Waals surface area contributed by atoms with Gasteiger partial charge in [0.1, 0.15) is 11.1 Å². The smallest absolute Gasteiger partial charge is 0.344 e. The lowest BCUT2D eigenvalue weighted by molar-refractivity contribution is 0.102. The van der Waals surface area contributed by atoms with Crippen molar-refractivity contribution in [3.05, 3.63) is 118 Å². The van der Waals surface area contributed by atoms with Crippen LogP contribution in [0.15, 0.2) is 111 Å². The summed E-state index contributed by atoms with van der Waals surface area (Å²) in [5.74, 6) is 0.0807. The molecular weight excluding hydrogens is 476 g/mol. The molecule has 0 aliphatic carbocycles. The zero-order valence-corrected chi connectivity index (χ0v) is 19.5. The number of nitrogens with zero attached hydrogens (tertiary/aromatic N) is 1. The van der Waals surface area contributed by atoms with E-state index >= 15 is 0 Å². The van der Waals surface area contributed by atoms with Gasteiger partial charge in [-0.1, -0.05) is 54.1 Å². The number of fused-ring (bicyclic) bond motifs is 2. The van der Waals surface area contributed by atoms with Gasteiger partial charge in [-0.2, -0.15) is 0 Å². The predicted octanol–water partition coefficient (Wildman–Crippen LogP) is 7.17. The number of hydrogen-bond donors (Lipinski definition) is 1. The fourth-order valence-corrected chi connectivity index (χ4v) is 4.27. The number of halogens is 1.